The summed E-state index contributed by atoms with van der Waals surface area (Å²) in [6.07, 6.45) is 0.986. The van der Waals surface area contributed by atoms with Crippen LogP contribution in [0.25, 0.3) is 10.4 Å². The topological polar surface area (TPSA) is 48.1 Å². The van der Waals surface area contributed by atoms with E-state index < -0.39 is 0 Å². The average molecular weight is 262 g/mol. The minimum absolute atomic E-state index is 0.0674. The van der Waals surface area contributed by atoms with Crippen molar-refractivity contribution in [3.05, 3.63) is 41.0 Å². The number of methoxy groups -OCH3 is 1. The zero-order chi connectivity index (χ0) is 13.0. The van der Waals surface area contributed by atoms with Crippen LogP contribution in [0.5, 0.6) is 0 Å². The fourth-order valence-corrected chi connectivity index (χ4v) is 3.16. The molecule has 0 spiro atoms. The molecule has 2 N–H and O–H groups in total. The van der Waals surface area contributed by atoms with E-state index in [9.17, 15) is 0 Å². The number of hydrogen-bond donors (Lipinski definition) is 1. The van der Waals surface area contributed by atoms with Crippen LogP contribution in [0, 0.1) is 0 Å². The number of hydrogen-bond acceptors (Lipinski definition) is 4. The largest absolute Gasteiger partial charge is 0.374 e. The van der Waals surface area contributed by atoms with Gasteiger partial charge in [0.25, 0.3) is 0 Å². The standard InChI is InChI=1S/C14H18N2OS/c1-3-12(17-2)14-16-11(9-15)13(18-14)10-7-5-4-6-8-10/h4-8,12H,3,9,15H2,1-2H3. The molecule has 0 bridgehead atoms. The van der Waals surface area contributed by atoms with Gasteiger partial charge in [0.1, 0.15) is 11.1 Å². The summed E-state index contributed by atoms with van der Waals surface area (Å²) in [6, 6.07) is 10.2. The molecule has 0 saturated heterocycles. The van der Waals surface area contributed by atoms with Gasteiger partial charge >= 0.3 is 0 Å². The number of benzene rings is 1. The molecule has 0 amide bonds. The van der Waals surface area contributed by atoms with E-state index in [-0.39, 0.29) is 6.10 Å². The van der Waals surface area contributed by atoms with Crippen LogP contribution in [-0.2, 0) is 11.3 Å². The molecule has 96 valence electrons. The molecule has 2 rings (SSSR count). The van der Waals surface area contributed by atoms with Gasteiger partial charge in [-0.15, -0.1) is 11.3 Å². The van der Waals surface area contributed by atoms with Crippen molar-refractivity contribution < 1.29 is 4.74 Å². The highest BCUT2D eigenvalue weighted by atomic mass is 32.1. The van der Waals surface area contributed by atoms with Gasteiger partial charge < -0.3 is 10.5 Å². The summed E-state index contributed by atoms with van der Waals surface area (Å²) in [5, 5.41) is 1.01. The molecule has 1 atom stereocenters. The first-order valence-corrected chi connectivity index (χ1v) is 6.89. The summed E-state index contributed by atoms with van der Waals surface area (Å²) in [5.74, 6) is 0. The minimum atomic E-state index is 0.0674. The second kappa shape index (κ2) is 6.09. The third-order valence-electron chi connectivity index (χ3n) is 2.87. The Morgan fingerprint density at radius 3 is 2.61 bits per heavy atom. The second-order valence-electron chi connectivity index (χ2n) is 4.03. The van der Waals surface area contributed by atoms with Gasteiger partial charge in [-0.05, 0) is 12.0 Å². The molecule has 3 nitrogen and oxygen atoms in total. The smallest absolute Gasteiger partial charge is 0.122 e. The third-order valence-corrected chi connectivity index (χ3v) is 4.11. The fourth-order valence-electron chi connectivity index (χ4n) is 1.90. The van der Waals surface area contributed by atoms with Crippen LogP contribution in [-0.4, -0.2) is 12.1 Å². The van der Waals surface area contributed by atoms with Crippen molar-refractivity contribution >= 4 is 11.3 Å². The van der Waals surface area contributed by atoms with Crippen molar-refractivity contribution in [1.82, 2.24) is 4.98 Å². The second-order valence-corrected chi connectivity index (χ2v) is 5.06. The van der Waals surface area contributed by atoms with Crippen LogP contribution in [0.1, 0.15) is 30.2 Å². The lowest BCUT2D eigenvalue weighted by molar-refractivity contribution is 0.0997. The minimum Gasteiger partial charge on any atom is -0.374 e. The SMILES string of the molecule is CCC(OC)c1nc(CN)c(-c2ccccc2)s1. The Hall–Kier alpha value is -1.23. The molecule has 1 aromatic heterocycles. The Balaban J connectivity index is 2.42. The number of rotatable bonds is 5. The number of nitrogens with two attached hydrogens (primary N) is 1. The van der Waals surface area contributed by atoms with Crippen LogP contribution in [0.4, 0.5) is 0 Å². The van der Waals surface area contributed by atoms with Crippen molar-refractivity contribution in [2.24, 2.45) is 5.73 Å². The third kappa shape index (κ3) is 2.61. The van der Waals surface area contributed by atoms with Crippen molar-refractivity contribution in [3.8, 4) is 10.4 Å². The summed E-state index contributed by atoms with van der Waals surface area (Å²) in [6.45, 7) is 2.56. The molecule has 0 fully saturated rings. The molecule has 2 aromatic rings. The van der Waals surface area contributed by atoms with Gasteiger partial charge in [0, 0.05) is 13.7 Å². The van der Waals surface area contributed by atoms with E-state index in [0.29, 0.717) is 6.54 Å². The summed E-state index contributed by atoms with van der Waals surface area (Å²) in [7, 11) is 1.72. The van der Waals surface area contributed by atoms with Crippen molar-refractivity contribution in [3.63, 3.8) is 0 Å². The van der Waals surface area contributed by atoms with Crippen LogP contribution in [0.15, 0.2) is 30.3 Å². The maximum absolute atomic E-state index is 5.79. The van der Waals surface area contributed by atoms with Gasteiger partial charge in [0.2, 0.25) is 0 Å². The Morgan fingerprint density at radius 1 is 1.33 bits per heavy atom. The first-order valence-electron chi connectivity index (χ1n) is 6.08. The molecular weight excluding hydrogens is 244 g/mol. The van der Waals surface area contributed by atoms with Gasteiger partial charge in [-0.1, -0.05) is 37.3 Å². The molecule has 0 aliphatic heterocycles. The summed E-state index contributed by atoms with van der Waals surface area (Å²) >= 11 is 1.68. The average Bonchev–Trinajstić information content (AvgIpc) is 2.85. The van der Waals surface area contributed by atoms with Gasteiger partial charge in [-0.3, -0.25) is 0 Å². The molecule has 0 saturated carbocycles. The highest BCUT2D eigenvalue weighted by Gasteiger charge is 2.17. The predicted molar refractivity (Wildman–Crippen MR) is 75.5 cm³/mol. The monoisotopic (exact) mass is 262 g/mol. The maximum Gasteiger partial charge on any atom is 0.122 e. The van der Waals surface area contributed by atoms with Crippen LogP contribution in [0.3, 0.4) is 0 Å². The number of aromatic nitrogens is 1. The van der Waals surface area contributed by atoms with E-state index in [1.165, 1.54) is 5.56 Å². The van der Waals surface area contributed by atoms with Crippen LogP contribution in [0.2, 0.25) is 0 Å². The molecular formula is C14H18N2OS. The highest BCUT2D eigenvalue weighted by Crippen LogP contribution is 2.34. The zero-order valence-corrected chi connectivity index (χ0v) is 11.5. The molecule has 4 heteroatoms. The molecule has 0 aliphatic rings. The maximum atomic E-state index is 5.79. The van der Waals surface area contributed by atoms with Crippen molar-refractivity contribution in [1.29, 1.82) is 0 Å². The first-order chi connectivity index (χ1) is 8.80. The van der Waals surface area contributed by atoms with Crippen molar-refractivity contribution in [2.75, 3.05) is 7.11 Å². The number of thiazole rings is 1. The Bertz CT molecular complexity index is 492. The molecule has 1 aromatic carbocycles. The fraction of sp³-hybridized carbons (Fsp3) is 0.357. The van der Waals surface area contributed by atoms with Crippen LogP contribution < -0.4 is 5.73 Å². The molecule has 0 radical (unpaired) electrons. The van der Waals surface area contributed by atoms with E-state index in [4.69, 9.17) is 10.5 Å². The van der Waals surface area contributed by atoms with E-state index in [1.807, 2.05) is 18.2 Å². The highest BCUT2D eigenvalue weighted by molar-refractivity contribution is 7.15. The first kappa shape index (κ1) is 13.2. The predicted octanol–water partition coefficient (Wildman–Crippen LogP) is 3.37. The summed E-state index contributed by atoms with van der Waals surface area (Å²) < 4.78 is 5.44. The lowest BCUT2D eigenvalue weighted by Gasteiger charge is -2.08. The summed E-state index contributed by atoms with van der Waals surface area (Å²) in [5.41, 5.74) is 7.92. The van der Waals surface area contributed by atoms with Crippen LogP contribution >= 0.6 is 11.3 Å². The molecule has 0 aliphatic carbocycles. The van der Waals surface area contributed by atoms with E-state index in [2.05, 4.69) is 24.0 Å². The van der Waals surface area contributed by atoms with E-state index >= 15 is 0 Å². The number of ether oxygens (including phenoxy) is 1. The lowest BCUT2D eigenvalue weighted by Crippen LogP contribution is -2.02. The Kier molecular flexibility index (Phi) is 4.47. The van der Waals surface area contributed by atoms with E-state index in [0.717, 1.165) is 22.0 Å². The lowest BCUT2D eigenvalue weighted by atomic mass is 10.1. The Labute approximate surface area is 112 Å². The Morgan fingerprint density at radius 2 is 2.06 bits per heavy atom. The molecule has 18 heavy (non-hydrogen) atoms. The number of nitrogens with zero attached hydrogens (tertiary/aromatic N) is 1. The zero-order valence-electron chi connectivity index (χ0n) is 10.7. The molecule has 1 unspecified atom stereocenters. The normalized spacial score (nSPS) is 12.6. The van der Waals surface area contributed by atoms with Gasteiger partial charge in [-0.25, -0.2) is 4.98 Å². The molecule has 1 heterocycles. The van der Waals surface area contributed by atoms with E-state index in [1.54, 1.807) is 18.4 Å². The van der Waals surface area contributed by atoms with Gasteiger partial charge in [0.15, 0.2) is 0 Å². The van der Waals surface area contributed by atoms with Gasteiger partial charge in [0.05, 0.1) is 10.6 Å². The summed E-state index contributed by atoms with van der Waals surface area (Å²) in [4.78, 5) is 5.77. The van der Waals surface area contributed by atoms with Gasteiger partial charge in [-0.2, -0.15) is 0 Å². The quantitative estimate of drug-likeness (QED) is 0.898. The van der Waals surface area contributed by atoms with Crippen molar-refractivity contribution in [2.45, 2.75) is 26.0 Å².